The summed E-state index contributed by atoms with van der Waals surface area (Å²) in [5, 5.41) is 2.86. The van der Waals surface area contributed by atoms with Crippen LogP contribution >= 0.6 is 11.3 Å². The highest BCUT2D eigenvalue weighted by Crippen LogP contribution is 2.24. The Balaban J connectivity index is 2.03. The highest BCUT2D eigenvalue weighted by atomic mass is 32.1. The van der Waals surface area contributed by atoms with Gasteiger partial charge in [-0.1, -0.05) is 0 Å². The highest BCUT2D eigenvalue weighted by molar-refractivity contribution is 7.12. The molecular formula is C14H12FN3OS. The predicted octanol–water partition coefficient (Wildman–Crippen LogP) is 3.01. The van der Waals surface area contributed by atoms with Crippen molar-refractivity contribution in [2.45, 2.75) is 13.0 Å². The second-order valence-electron chi connectivity index (χ2n) is 4.59. The van der Waals surface area contributed by atoms with Crippen molar-refractivity contribution in [2.75, 3.05) is 0 Å². The molecule has 6 heteroatoms. The van der Waals surface area contributed by atoms with Crippen LogP contribution in [-0.4, -0.2) is 15.8 Å². The lowest BCUT2D eigenvalue weighted by Crippen LogP contribution is -2.06. The Morgan fingerprint density at radius 2 is 2.30 bits per heavy atom. The number of nitrogens with one attached hydrogen (secondary N) is 1. The minimum Gasteiger partial charge on any atom is -0.360 e. The Labute approximate surface area is 118 Å². The molecule has 0 fully saturated rings. The zero-order chi connectivity index (χ0) is 14.3. The molecule has 1 aromatic carbocycles. The number of nitrogens with zero attached hydrogens (tertiary/aromatic N) is 1. The molecule has 4 nitrogen and oxygen atoms in total. The van der Waals surface area contributed by atoms with Gasteiger partial charge in [0.2, 0.25) is 5.78 Å². The van der Waals surface area contributed by atoms with Crippen molar-refractivity contribution in [3.8, 4) is 0 Å². The lowest BCUT2D eigenvalue weighted by molar-refractivity contribution is 0.104. The molecule has 0 aliphatic carbocycles. The molecular weight excluding hydrogens is 277 g/mol. The standard InChI is InChI=1S/C14H12FN3OS/c1-7(16)12-6-20-14(18-12)13(19)10-5-17-11-4-8(15)2-3-9(10)11/h2-7,17H,16H2,1H3/t7-/m0/s1. The summed E-state index contributed by atoms with van der Waals surface area (Å²) in [5.41, 5.74) is 7.52. The number of aromatic amines is 1. The maximum Gasteiger partial charge on any atom is 0.223 e. The second kappa shape index (κ2) is 4.81. The maximum atomic E-state index is 13.1. The van der Waals surface area contributed by atoms with E-state index < -0.39 is 0 Å². The van der Waals surface area contributed by atoms with Crippen LogP contribution in [0.25, 0.3) is 10.9 Å². The fraction of sp³-hybridized carbons (Fsp3) is 0.143. The number of hydrogen-bond donors (Lipinski definition) is 2. The number of carbonyl (C=O) groups is 1. The van der Waals surface area contributed by atoms with Crippen LogP contribution in [0.1, 0.15) is 34.0 Å². The van der Waals surface area contributed by atoms with Crippen LogP contribution in [0, 0.1) is 5.82 Å². The SMILES string of the molecule is C[C@H](N)c1csc(C(=O)c2c[nH]c3cc(F)ccc23)n1. The summed E-state index contributed by atoms with van der Waals surface area (Å²) in [6.07, 6.45) is 1.58. The lowest BCUT2D eigenvalue weighted by Gasteiger charge is -1.98. The largest absolute Gasteiger partial charge is 0.360 e. The van der Waals surface area contributed by atoms with E-state index in [4.69, 9.17) is 5.73 Å². The number of fused-ring (bicyclic) bond motifs is 1. The molecule has 0 amide bonds. The van der Waals surface area contributed by atoms with Gasteiger partial charge in [-0.25, -0.2) is 9.37 Å². The first-order chi connectivity index (χ1) is 9.56. The zero-order valence-electron chi connectivity index (χ0n) is 10.7. The monoisotopic (exact) mass is 289 g/mol. The van der Waals surface area contributed by atoms with Crippen molar-refractivity contribution in [3.05, 3.63) is 51.9 Å². The van der Waals surface area contributed by atoms with Crippen molar-refractivity contribution in [1.29, 1.82) is 0 Å². The number of thiazole rings is 1. The van der Waals surface area contributed by atoms with Crippen LogP contribution in [0.5, 0.6) is 0 Å². The Morgan fingerprint density at radius 3 is 3.00 bits per heavy atom. The topological polar surface area (TPSA) is 71.8 Å². The molecule has 0 radical (unpaired) electrons. The molecule has 20 heavy (non-hydrogen) atoms. The number of halogens is 1. The average molecular weight is 289 g/mol. The van der Waals surface area contributed by atoms with Crippen LogP contribution in [0.15, 0.2) is 29.8 Å². The molecule has 102 valence electrons. The molecule has 3 aromatic rings. The number of ketones is 1. The molecule has 0 bridgehead atoms. The lowest BCUT2D eigenvalue weighted by atomic mass is 10.1. The first-order valence-electron chi connectivity index (χ1n) is 6.08. The van der Waals surface area contributed by atoms with E-state index in [0.29, 0.717) is 27.2 Å². The quantitative estimate of drug-likeness (QED) is 0.728. The van der Waals surface area contributed by atoms with Gasteiger partial charge in [0.05, 0.1) is 11.3 Å². The summed E-state index contributed by atoms with van der Waals surface area (Å²) >= 11 is 1.27. The van der Waals surface area contributed by atoms with Crippen molar-refractivity contribution in [1.82, 2.24) is 9.97 Å². The van der Waals surface area contributed by atoms with Gasteiger partial charge in [0, 0.05) is 28.5 Å². The molecule has 3 rings (SSSR count). The maximum absolute atomic E-state index is 13.1. The second-order valence-corrected chi connectivity index (χ2v) is 5.45. The van der Waals surface area contributed by atoms with Crippen molar-refractivity contribution in [3.63, 3.8) is 0 Å². The van der Waals surface area contributed by atoms with Gasteiger partial charge in [-0.15, -0.1) is 11.3 Å². The van der Waals surface area contributed by atoms with Crippen LogP contribution in [0.3, 0.4) is 0 Å². The van der Waals surface area contributed by atoms with Crippen LogP contribution in [-0.2, 0) is 0 Å². The Bertz CT molecular complexity index is 791. The number of aromatic nitrogens is 2. The number of nitrogens with two attached hydrogens (primary N) is 1. The van der Waals surface area contributed by atoms with Crippen molar-refractivity contribution >= 4 is 28.0 Å². The minimum absolute atomic E-state index is 0.181. The van der Waals surface area contributed by atoms with E-state index in [0.717, 1.165) is 0 Å². The predicted molar refractivity (Wildman–Crippen MR) is 76.4 cm³/mol. The fourth-order valence-corrected chi connectivity index (χ4v) is 2.88. The summed E-state index contributed by atoms with van der Waals surface area (Å²) < 4.78 is 13.1. The molecule has 2 aromatic heterocycles. The third kappa shape index (κ3) is 2.13. The van der Waals surface area contributed by atoms with E-state index in [2.05, 4.69) is 9.97 Å². The van der Waals surface area contributed by atoms with Gasteiger partial charge in [-0.2, -0.15) is 0 Å². The van der Waals surface area contributed by atoms with Crippen molar-refractivity contribution in [2.24, 2.45) is 5.73 Å². The number of carbonyl (C=O) groups excluding carboxylic acids is 1. The molecule has 0 spiro atoms. The van der Waals surface area contributed by atoms with Gasteiger partial charge in [0.1, 0.15) is 5.82 Å². The third-order valence-electron chi connectivity index (χ3n) is 3.07. The summed E-state index contributed by atoms with van der Waals surface area (Å²) in [6.45, 7) is 1.82. The van der Waals surface area contributed by atoms with Gasteiger partial charge >= 0.3 is 0 Å². The van der Waals surface area contributed by atoms with Crippen LogP contribution in [0.4, 0.5) is 4.39 Å². The fourth-order valence-electron chi connectivity index (χ4n) is 2.00. The van der Waals surface area contributed by atoms with E-state index in [-0.39, 0.29) is 17.6 Å². The summed E-state index contributed by atoms with van der Waals surface area (Å²) in [7, 11) is 0. The van der Waals surface area contributed by atoms with E-state index in [1.165, 1.54) is 23.5 Å². The van der Waals surface area contributed by atoms with E-state index in [1.807, 2.05) is 6.92 Å². The Morgan fingerprint density at radius 1 is 1.50 bits per heavy atom. The molecule has 0 aliphatic heterocycles. The molecule has 0 aliphatic rings. The number of hydrogen-bond acceptors (Lipinski definition) is 4. The minimum atomic E-state index is -0.341. The van der Waals surface area contributed by atoms with E-state index >= 15 is 0 Å². The van der Waals surface area contributed by atoms with Crippen LogP contribution in [0.2, 0.25) is 0 Å². The normalized spacial score (nSPS) is 12.8. The molecule has 0 unspecified atom stereocenters. The van der Waals surface area contributed by atoms with E-state index in [1.54, 1.807) is 17.6 Å². The van der Waals surface area contributed by atoms with Gasteiger partial charge < -0.3 is 10.7 Å². The first-order valence-corrected chi connectivity index (χ1v) is 6.96. The zero-order valence-corrected chi connectivity index (χ0v) is 11.5. The third-order valence-corrected chi connectivity index (χ3v) is 3.93. The molecule has 1 atom stereocenters. The van der Waals surface area contributed by atoms with E-state index in [9.17, 15) is 9.18 Å². The van der Waals surface area contributed by atoms with Crippen molar-refractivity contribution < 1.29 is 9.18 Å². The van der Waals surface area contributed by atoms with Crippen LogP contribution < -0.4 is 5.73 Å². The molecule has 0 saturated heterocycles. The Hall–Kier alpha value is -2.05. The van der Waals surface area contributed by atoms with Gasteiger partial charge in [-0.05, 0) is 25.1 Å². The molecule has 3 N–H and O–H groups in total. The Kier molecular flexibility index (Phi) is 3.11. The molecule has 0 saturated carbocycles. The van der Waals surface area contributed by atoms with Gasteiger partial charge in [0.25, 0.3) is 0 Å². The summed E-state index contributed by atoms with van der Waals surface area (Å²) in [6, 6.07) is 4.09. The smallest absolute Gasteiger partial charge is 0.223 e. The molecule has 2 heterocycles. The number of rotatable bonds is 3. The summed E-state index contributed by atoms with van der Waals surface area (Å²) in [4.78, 5) is 19.6. The average Bonchev–Trinajstić information content (AvgIpc) is 3.04. The van der Waals surface area contributed by atoms with Gasteiger partial charge in [-0.3, -0.25) is 4.79 Å². The highest BCUT2D eigenvalue weighted by Gasteiger charge is 2.18. The first kappa shape index (κ1) is 13.0. The number of H-pyrrole nitrogens is 1. The van der Waals surface area contributed by atoms with Gasteiger partial charge in [0.15, 0.2) is 5.01 Å². The summed E-state index contributed by atoms with van der Waals surface area (Å²) in [5.74, 6) is -0.522. The number of benzene rings is 1.